The first-order valence-corrected chi connectivity index (χ1v) is 8.17. The molecule has 0 spiro atoms. The van der Waals surface area contributed by atoms with Gasteiger partial charge in [-0.05, 0) is 25.8 Å². The van der Waals surface area contributed by atoms with Crippen molar-refractivity contribution in [3.05, 3.63) is 39.5 Å². The summed E-state index contributed by atoms with van der Waals surface area (Å²) < 4.78 is 1.36. The van der Waals surface area contributed by atoms with Crippen molar-refractivity contribution in [2.45, 2.75) is 25.4 Å². The zero-order valence-electron chi connectivity index (χ0n) is 13.4. The quantitative estimate of drug-likeness (QED) is 0.724. The summed E-state index contributed by atoms with van der Waals surface area (Å²) in [5.74, 6) is 0.277. The molecule has 0 saturated carbocycles. The van der Waals surface area contributed by atoms with Crippen LogP contribution < -0.4 is 26.9 Å². The molecule has 4 N–H and O–H groups in total. The number of hydrogen-bond acceptors (Lipinski definition) is 7. The first-order valence-electron chi connectivity index (χ1n) is 7.79. The van der Waals surface area contributed by atoms with Gasteiger partial charge in [0.1, 0.15) is 35.0 Å². The fraction of sp³-hybridized carbons (Fsp3) is 0.333. The minimum absolute atomic E-state index is 0.138. The number of rotatable bonds is 2. The summed E-state index contributed by atoms with van der Waals surface area (Å²) in [6, 6.07) is 2.93. The first kappa shape index (κ1) is 15.7. The third-order valence-electron chi connectivity index (χ3n) is 4.53. The summed E-state index contributed by atoms with van der Waals surface area (Å²) in [7, 11) is 0. The van der Waals surface area contributed by atoms with Crippen LogP contribution in [0.4, 0.5) is 17.3 Å². The lowest BCUT2D eigenvalue weighted by atomic mass is 10.1. The van der Waals surface area contributed by atoms with Gasteiger partial charge in [-0.2, -0.15) is 0 Å². The van der Waals surface area contributed by atoms with Crippen molar-refractivity contribution in [3.63, 3.8) is 0 Å². The summed E-state index contributed by atoms with van der Waals surface area (Å²) in [6.45, 7) is 2.54. The molecule has 1 atom stereocenters. The lowest BCUT2D eigenvalue weighted by Gasteiger charge is -2.43. The normalized spacial score (nSPS) is 21.5. The van der Waals surface area contributed by atoms with Gasteiger partial charge in [-0.1, -0.05) is 11.6 Å². The van der Waals surface area contributed by atoms with Gasteiger partial charge in [0.2, 0.25) is 0 Å². The SMILES string of the molecule is CC12CCCN1n1c(c(Cl)cc(Nc3cc(N)ncn3)c1=O)C(=O)N2. The van der Waals surface area contributed by atoms with Gasteiger partial charge in [-0.15, -0.1) is 0 Å². The third-order valence-corrected chi connectivity index (χ3v) is 4.81. The summed E-state index contributed by atoms with van der Waals surface area (Å²) in [6.07, 6.45) is 2.91. The maximum atomic E-state index is 13.0. The molecule has 1 saturated heterocycles. The number of carbonyl (C=O) groups excluding carboxylic acids is 1. The van der Waals surface area contributed by atoms with Gasteiger partial charge in [-0.25, -0.2) is 14.6 Å². The van der Waals surface area contributed by atoms with Crippen molar-refractivity contribution in [2.24, 2.45) is 0 Å². The Balaban J connectivity index is 1.86. The molecule has 1 unspecified atom stereocenters. The molecule has 25 heavy (non-hydrogen) atoms. The van der Waals surface area contributed by atoms with E-state index in [2.05, 4.69) is 20.6 Å². The van der Waals surface area contributed by atoms with Crippen LogP contribution in [0.5, 0.6) is 0 Å². The molecule has 10 heteroatoms. The van der Waals surface area contributed by atoms with E-state index in [4.69, 9.17) is 17.3 Å². The van der Waals surface area contributed by atoms with E-state index in [-0.39, 0.29) is 33.7 Å². The van der Waals surface area contributed by atoms with Crippen LogP contribution in [0.15, 0.2) is 23.3 Å². The molecule has 1 fully saturated rings. The Labute approximate surface area is 147 Å². The number of halogens is 1. The highest BCUT2D eigenvalue weighted by Crippen LogP contribution is 2.31. The van der Waals surface area contributed by atoms with Crippen molar-refractivity contribution >= 4 is 34.8 Å². The van der Waals surface area contributed by atoms with E-state index in [0.717, 1.165) is 12.8 Å². The molecule has 4 heterocycles. The van der Waals surface area contributed by atoms with Crippen LogP contribution in [0.2, 0.25) is 5.02 Å². The van der Waals surface area contributed by atoms with Gasteiger partial charge in [0.15, 0.2) is 0 Å². The monoisotopic (exact) mass is 361 g/mol. The number of hydrogen-bond donors (Lipinski definition) is 3. The van der Waals surface area contributed by atoms with E-state index in [1.807, 2.05) is 11.9 Å². The second-order valence-electron chi connectivity index (χ2n) is 6.28. The average Bonchev–Trinajstić information content (AvgIpc) is 2.92. The second kappa shape index (κ2) is 5.35. The Hall–Kier alpha value is -2.81. The van der Waals surface area contributed by atoms with Gasteiger partial charge in [0.05, 0.1) is 5.02 Å². The zero-order valence-corrected chi connectivity index (χ0v) is 14.2. The van der Waals surface area contributed by atoms with Crippen molar-refractivity contribution in [1.29, 1.82) is 0 Å². The predicted octanol–water partition coefficient (Wildman–Crippen LogP) is 0.809. The van der Waals surface area contributed by atoms with E-state index < -0.39 is 5.66 Å². The van der Waals surface area contributed by atoms with Crippen LogP contribution in [0.25, 0.3) is 0 Å². The van der Waals surface area contributed by atoms with Gasteiger partial charge in [0, 0.05) is 12.6 Å². The highest BCUT2D eigenvalue weighted by atomic mass is 35.5. The largest absolute Gasteiger partial charge is 0.384 e. The standard InChI is InChI=1S/C15H16ClN7O2/c1-15-3-2-4-22(15)23-12(13(24)21-15)8(16)5-9(14(23)25)20-11-6-10(17)18-7-19-11/h5-7H,2-4H2,1H3,(H,21,24)(H3,17,18,19,20). The molecule has 0 aliphatic carbocycles. The molecular formula is C15H16ClN7O2. The van der Waals surface area contributed by atoms with Crippen molar-refractivity contribution < 1.29 is 4.79 Å². The molecule has 2 aliphatic heterocycles. The fourth-order valence-corrected chi connectivity index (χ4v) is 3.65. The lowest BCUT2D eigenvalue weighted by Crippen LogP contribution is -2.67. The summed E-state index contributed by atoms with van der Waals surface area (Å²) in [4.78, 5) is 33.3. The first-order chi connectivity index (χ1) is 11.9. The van der Waals surface area contributed by atoms with Crippen LogP contribution >= 0.6 is 11.6 Å². The number of amides is 1. The Morgan fingerprint density at radius 3 is 2.92 bits per heavy atom. The number of carbonyl (C=O) groups is 1. The average molecular weight is 362 g/mol. The van der Waals surface area contributed by atoms with Crippen molar-refractivity contribution in [3.8, 4) is 0 Å². The predicted molar refractivity (Wildman–Crippen MR) is 93.6 cm³/mol. The maximum Gasteiger partial charge on any atom is 0.293 e. The molecule has 0 bridgehead atoms. The number of nitrogen functional groups attached to an aromatic ring is 1. The van der Waals surface area contributed by atoms with E-state index in [9.17, 15) is 9.59 Å². The van der Waals surface area contributed by atoms with Crippen LogP contribution in [-0.2, 0) is 0 Å². The molecule has 0 aromatic carbocycles. The maximum absolute atomic E-state index is 13.0. The number of nitrogens with two attached hydrogens (primary N) is 1. The Morgan fingerprint density at radius 2 is 2.16 bits per heavy atom. The summed E-state index contributed by atoms with van der Waals surface area (Å²) >= 11 is 6.30. The zero-order chi connectivity index (χ0) is 17.8. The molecular weight excluding hydrogens is 346 g/mol. The highest BCUT2D eigenvalue weighted by Gasteiger charge is 2.45. The van der Waals surface area contributed by atoms with Gasteiger partial charge >= 0.3 is 0 Å². The Morgan fingerprint density at radius 1 is 1.36 bits per heavy atom. The third kappa shape index (κ3) is 2.39. The van der Waals surface area contributed by atoms with Crippen molar-refractivity contribution in [1.82, 2.24) is 20.0 Å². The topological polar surface area (TPSA) is 118 Å². The molecule has 2 aromatic heterocycles. The molecule has 0 radical (unpaired) electrons. The molecule has 4 rings (SSSR count). The summed E-state index contributed by atoms with van der Waals surface area (Å²) in [5.41, 5.74) is 5.00. The number of nitrogens with zero attached hydrogens (tertiary/aromatic N) is 4. The van der Waals surface area contributed by atoms with Crippen LogP contribution in [0.1, 0.15) is 30.3 Å². The Bertz CT molecular complexity index is 944. The van der Waals surface area contributed by atoms with E-state index >= 15 is 0 Å². The van der Waals surface area contributed by atoms with Gasteiger partial charge in [0.25, 0.3) is 11.5 Å². The number of aromatic nitrogens is 3. The minimum atomic E-state index is -0.602. The second-order valence-corrected chi connectivity index (χ2v) is 6.69. The van der Waals surface area contributed by atoms with E-state index in [1.54, 1.807) is 0 Å². The molecule has 130 valence electrons. The minimum Gasteiger partial charge on any atom is -0.384 e. The fourth-order valence-electron chi connectivity index (χ4n) is 3.38. The van der Waals surface area contributed by atoms with Gasteiger partial charge < -0.3 is 16.4 Å². The van der Waals surface area contributed by atoms with Crippen molar-refractivity contribution in [2.75, 3.05) is 22.6 Å². The summed E-state index contributed by atoms with van der Waals surface area (Å²) in [5, 5.41) is 7.87. The van der Waals surface area contributed by atoms with E-state index in [0.29, 0.717) is 12.4 Å². The number of fused-ring (bicyclic) bond motifs is 3. The molecule has 2 aromatic rings. The molecule has 2 aliphatic rings. The number of nitrogens with one attached hydrogen (secondary N) is 2. The molecule has 1 amide bonds. The van der Waals surface area contributed by atoms with Crippen LogP contribution in [0.3, 0.4) is 0 Å². The van der Waals surface area contributed by atoms with Crippen LogP contribution in [-0.4, -0.2) is 32.8 Å². The smallest absolute Gasteiger partial charge is 0.293 e. The number of anilines is 3. The van der Waals surface area contributed by atoms with Crippen LogP contribution in [0, 0.1) is 0 Å². The Kier molecular flexibility index (Phi) is 3.36. The lowest BCUT2D eigenvalue weighted by molar-refractivity contribution is 0.0851. The molecule has 9 nitrogen and oxygen atoms in total. The number of pyridine rings is 1. The highest BCUT2D eigenvalue weighted by molar-refractivity contribution is 6.34. The van der Waals surface area contributed by atoms with E-state index in [1.165, 1.54) is 23.1 Å². The van der Waals surface area contributed by atoms with Gasteiger partial charge in [-0.3, -0.25) is 14.6 Å².